The third-order valence-electron chi connectivity index (χ3n) is 2.58. The molecule has 1 amide bonds. The van der Waals surface area contributed by atoms with E-state index in [-0.39, 0.29) is 11.9 Å². The summed E-state index contributed by atoms with van der Waals surface area (Å²) in [5.41, 5.74) is 1.23. The van der Waals surface area contributed by atoms with Crippen LogP contribution in [0.3, 0.4) is 0 Å². The predicted octanol–water partition coefficient (Wildman–Crippen LogP) is 1.90. The van der Waals surface area contributed by atoms with E-state index in [0.29, 0.717) is 10.6 Å². The lowest BCUT2D eigenvalue weighted by Gasteiger charge is -2.00. The maximum absolute atomic E-state index is 11.9. The third kappa shape index (κ3) is 2.52. The average molecular weight is 289 g/mol. The number of nitrogens with zero attached hydrogens (tertiary/aromatic N) is 4. The second-order valence-corrected chi connectivity index (χ2v) is 4.37. The molecule has 2 N–H and O–H groups in total. The van der Waals surface area contributed by atoms with Gasteiger partial charge in [0.15, 0.2) is 0 Å². The molecule has 0 aliphatic rings. The Morgan fingerprint density at radius 3 is 2.80 bits per heavy atom. The summed E-state index contributed by atoms with van der Waals surface area (Å²) in [4.78, 5) is 15.8. The van der Waals surface area contributed by atoms with Gasteiger partial charge in [-0.2, -0.15) is 15.2 Å². The second-order valence-electron chi connectivity index (χ2n) is 3.94. The van der Waals surface area contributed by atoms with E-state index in [2.05, 4.69) is 25.6 Å². The first-order chi connectivity index (χ1) is 9.72. The molecule has 0 bridgehead atoms. The van der Waals surface area contributed by atoms with Crippen LogP contribution in [-0.4, -0.2) is 30.9 Å². The first-order valence-corrected chi connectivity index (χ1v) is 6.07. The van der Waals surface area contributed by atoms with Crippen LogP contribution in [0, 0.1) is 0 Å². The highest BCUT2D eigenvalue weighted by molar-refractivity contribution is 6.30. The summed E-state index contributed by atoms with van der Waals surface area (Å²) in [7, 11) is 0. The largest absolute Gasteiger partial charge is 0.291 e. The summed E-state index contributed by atoms with van der Waals surface area (Å²) in [6.07, 6.45) is 4.40. The first kappa shape index (κ1) is 12.4. The van der Waals surface area contributed by atoms with Gasteiger partial charge < -0.3 is 0 Å². The van der Waals surface area contributed by atoms with Gasteiger partial charge in [-0.3, -0.25) is 10.1 Å². The lowest BCUT2D eigenvalue weighted by Crippen LogP contribution is -2.12. The molecule has 7 nitrogen and oxygen atoms in total. The molecule has 0 spiro atoms. The molecule has 8 heteroatoms. The van der Waals surface area contributed by atoms with Crippen molar-refractivity contribution in [1.82, 2.24) is 25.0 Å². The van der Waals surface area contributed by atoms with E-state index in [4.69, 9.17) is 11.6 Å². The van der Waals surface area contributed by atoms with Crippen molar-refractivity contribution in [3.63, 3.8) is 0 Å². The highest BCUT2D eigenvalue weighted by Gasteiger charge is 2.10. The zero-order chi connectivity index (χ0) is 13.9. The van der Waals surface area contributed by atoms with Crippen molar-refractivity contribution in [3.8, 4) is 5.69 Å². The highest BCUT2D eigenvalue weighted by atomic mass is 35.5. The minimum atomic E-state index is -0.318. The van der Waals surface area contributed by atoms with Gasteiger partial charge in [-0.15, -0.1) is 0 Å². The van der Waals surface area contributed by atoms with Crippen molar-refractivity contribution in [2.75, 3.05) is 5.32 Å². The maximum atomic E-state index is 11.9. The van der Waals surface area contributed by atoms with E-state index in [9.17, 15) is 4.79 Å². The van der Waals surface area contributed by atoms with Gasteiger partial charge in [-0.25, -0.2) is 9.78 Å². The molecule has 1 aromatic carbocycles. The third-order valence-corrected chi connectivity index (χ3v) is 2.83. The van der Waals surface area contributed by atoms with Gasteiger partial charge in [0.25, 0.3) is 5.91 Å². The molecule has 3 rings (SSSR count). The number of nitrogens with one attached hydrogen (secondary N) is 2. The van der Waals surface area contributed by atoms with Crippen molar-refractivity contribution in [3.05, 3.63) is 53.6 Å². The zero-order valence-electron chi connectivity index (χ0n) is 10.1. The van der Waals surface area contributed by atoms with Crippen LogP contribution in [0.2, 0.25) is 5.02 Å². The lowest BCUT2D eigenvalue weighted by molar-refractivity contribution is 0.102. The summed E-state index contributed by atoms with van der Waals surface area (Å²) >= 11 is 5.82. The monoisotopic (exact) mass is 288 g/mol. The highest BCUT2D eigenvalue weighted by Crippen LogP contribution is 2.13. The number of halogens is 1. The van der Waals surface area contributed by atoms with Crippen molar-refractivity contribution >= 4 is 23.5 Å². The van der Waals surface area contributed by atoms with Crippen LogP contribution in [0.15, 0.2) is 43.0 Å². The molecule has 100 valence electrons. The van der Waals surface area contributed by atoms with Crippen LogP contribution < -0.4 is 5.32 Å². The molecular formula is C12H9ClN6O. The summed E-state index contributed by atoms with van der Waals surface area (Å²) in [5.74, 6) is -0.0313. The topological polar surface area (TPSA) is 88.5 Å². The van der Waals surface area contributed by atoms with Crippen LogP contribution in [0.1, 0.15) is 10.4 Å². The Morgan fingerprint density at radius 1 is 1.30 bits per heavy atom. The number of anilines is 1. The number of aromatic nitrogens is 5. The molecule has 20 heavy (non-hydrogen) atoms. The van der Waals surface area contributed by atoms with Crippen molar-refractivity contribution in [2.45, 2.75) is 0 Å². The number of amides is 1. The van der Waals surface area contributed by atoms with Crippen molar-refractivity contribution in [2.24, 2.45) is 0 Å². The van der Waals surface area contributed by atoms with E-state index in [0.717, 1.165) is 5.69 Å². The standard InChI is InChI=1S/C12H9ClN6O/c13-9-1-3-10(4-2-9)19-6-8(5-16-19)11(20)17-12-14-7-15-18-12/h1-7H,(H2,14,15,17,18,20). The molecule has 2 heterocycles. The van der Waals surface area contributed by atoms with Crippen LogP contribution >= 0.6 is 11.6 Å². The SMILES string of the molecule is O=C(Nc1ncn[nH]1)c1cnn(-c2ccc(Cl)cc2)c1. The Balaban J connectivity index is 1.79. The number of benzene rings is 1. The number of hydrogen-bond acceptors (Lipinski definition) is 4. The molecule has 0 atom stereocenters. The fourth-order valence-electron chi connectivity index (χ4n) is 1.62. The van der Waals surface area contributed by atoms with Gasteiger partial charge in [0.2, 0.25) is 5.95 Å². The summed E-state index contributed by atoms with van der Waals surface area (Å²) in [6, 6.07) is 7.14. The number of H-pyrrole nitrogens is 1. The molecular weight excluding hydrogens is 280 g/mol. The number of rotatable bonds is 3. The normalized spacial score (nSPS) is 10.4. The molecule has 3 aromatic rings. The minimum Gasteiger partial charge on any atom is -0.291 e. The molecule has 0 aliphatic carbocycles. The number of hydrogen-bond donors (Lipinski definition) is 2. The van der Waals surface area contributed by atoms with Crippen LogP contribution in [-0.2, 0) is 0 Å². The molecule has 0 saturated heterocycles. The molecule has 0 saturated carbocycles. The van der Waals surface area contributed by atoms with E-state index in [1.165, 1.54) is 12.5 Å². The van der Waals surface area contributed by atoms with E-state index >= 15 is 0 Å². The molecule has 0 aliphatic heterocycles. The maximum Gasteiger partial charge on any atom is 0.261 e. The minimum absolute atomic E-state index is 0.286. The smallest absolute Gasteiger partial charge is 0.261 e. The molecule has 0 fully saturated rings. The Kier molecular flexibility index (Phi) is 3.18. The van der Waals surface area contributed by atoms with Gasteiger partial charge in [-0.05, 0) is 24.3 Å². The molecule has 0 unspecified atom stereocenters. The average Bonchev–Trinajstić information content (AvgIpc) is 3.10. The van der Waals surface area contributed by atoms with E-state index < -0.39 is 0 Å². The van der Waals surface area contributed by atoms with Crippen LogP contribution in [0.25, 0.3) is 5.69 Å². The lowest BCUT2D eigenvalue weighted by atomic mass is 10.3. The van der Waals surface area contributed by atoms with Gasteiger partial charge in [-0.1, -0.05) is 11.6 Å². The fourth-order valence-corrected chi connectivity index (χ4v) is 1.75. The summed E-state index contributed by atoms with van der Waals surface area (Å²) < 4.78 is 1.59. The number of carbonyl (C=O) groups excluding carboxylic acids is 1. The summed E-state index contributed by atoms with van der Waals surface area (Å²) in [6.45, 7) is 0. The number of aromatic amines is 1. The number of carbonyl (C=O) groups is 1. The quantitative estimate of drug-likeness (QED) is 0.770. The zero-order valence-corrected chi connectivity index (χ0v) is 10.9. The molecule has 2 aromatic heterocycles. The van der Waals surface area contributed by atoms with E-state index in [1.54, 1.807) is 23.0 Å². The van der Waals surface area contributed by atoms with Crippen LogP contribution in [0.4, 0.5) is 5.95 Å². The Bertz CT molecular complexity index is 719. The second kappa shape index (κ2) is 5.14. The van der Waals surface area contributed by atoms with E-state index in [1.807, 2.05) is 12.1 Å². The fraction of sp³-hybridized carbons (Fsp3) is 0. The van der Waals surface area contributed by atoms with Gasteiger partial charge in [0.05, 0.1) is 17.4 Å². The van der Waals surface area contributed by atoms with Crippen LogP contribution in [0.5, 0.6) is 0 Å². The Labute approximate surface area is 118 Å². The molecule has 0 radical (unpaired) electrons. The first-order valence-electron chi connectivity index (χ1n) is 5.70. The van der Waals surface area contributed by atoms with Crippen molar-refractivity contribution < 1.29 is 4.79 Å². The van der Waals surface area contributed by atoms with Gasteiger partial charge in [0.1, 0.15) is 6.33 Å². The van der Waals surface area contributed by atoms with Gasteiger partial charge in [0, 0.05) is 11.2 Å². The van der Waals surface area contributed by atoms with Crippen molar-refractivity contribution in [1.29, 1.82) is 0 Å². The predicted molar refractivity (Wildman–Crippen MR) is 72.9 cm³/mol. The summed E-state index contributed by atoms with van der Waals surface area (Å²) in [5, 5.41) is 13.5. The Hall–Kier alpha value is -2.67. The van der Waals surface area contributed by atoms with Gasteiger partial charge >= 0.3 is 0 Å². The Morgan fingerprint density at radius 2 is 2.10 bits per heavy atom.